The minimum Gasteiger partial charge on any atom is -0.489 e. The smallest absolute Gasteiger partial charge is 0.293 e. The molecule has 0 aliphatic carbocycles. The Morgan fingerprint density at radius 3 is 2.83 bits per heavy atom. The largest absolute Gasteiger partial charge is 0.489 e. The lowest BCUT2D eigenvalue weighted by Crippen LogP contribution is -2.07. The van der Waals surface area contributed by atoms with E-state index in [9.17, 15) is 4.79 Å². The number of hydrogen-bond acceptors (Lipinski definition) is 3. The predicted molar refractivity (Wildman–Crippen MR) is 76.0 cm³/mol. The van der Waals surface area contributed by atoms with Gasteiger partial charge in [-0.15, -0.1) is 0 Å². The monoisotopic (exact) mass is 312 g/mol. The summed E-state index contributed by atoms with van der Waals surface area (Å²) in [5.41, 5.74) is 2.56. The quantitative estimate of drug-likeness (QED) is 0.631. The molecule has 0 bridgehead atoms. The molecule has 0 spiro atoms. The summed E-state index contributed by atoms with van der Waals surface area (Å²) in [5, 5.41) is 1.00. The molecule has 0 amide bonds. The van der Waals surface area contributed by atoms with Gasteiger partial charge in [-0.05, 0) is 31.1 Å². The van der Waals surface area contributed by atoms with Gasteiger partial charge in [0.05, 0.1) is 6.61 Å². The number of halogens is 1. The molecule has 1 aromatic carbocycles. The number of fused-ring (bicyclic) bond motifs is 1. The Kier molecular flexibility index (Phi) is 7.18. The van der Waals surface area contributed by atoms with Crippen LogP contribution in [0.2, 0.25) is 0 Å². The van der Waals surface area contributed by atoms with Crippen molar-refractivity contribution in [1.82, 2.24) is 0 Å². The molecule has 18 heavy (non-hydrogen) atoms. The van der Waals surface area contributed by atoms with Crippen molar-refractivity contribution in [2.75, 3.05) is 18.5 Å². The van der Waals surface area contributed by atoms with E-state index in [-0.39, 0.29) is 0 Å². The molecule has 0 N–H and O–H groups in total. The summed E-state index contributed by atoms with van der Waals surface area (Å²) < 4.78 is 9.75. The summed E-state index contributed by atoms with van der Waals surface area (Å²) in [6, 6.07) is 8.14. The fraction of sp³-hybridized carbons (Fsp3) is 0.357. The van der Waals surface area contributed by atoms with E-state index in [0.29, 0.717) is 13.1 Å². The lowest BCUT2D eigenvalue weighted by Gasteiger charge is -2.16. The zero-order valence-corrected chi connectivity index (χ0v) is 12.0. The number of ether oxygens (including phenoxy) is 2. The van der Waals surface area contributed by atoms with Crippen molar-refractivity contribution >= 4 is 28.5 Å². The van der Waals surface area contributed by atoms with E-state index in [1.807, 2.05) is 18.2 Å². The van der Waals surface area contributed by atoms with Crippen LogP contribution in [0.15, 0.2) is 29.8 Å². The highest BCUT2D eigenvalue weighted by Crippen LogP contribution is 2.26. The van der Waals surface area contributed by atoms with Crippen LogP contribution in [-0.2, 0) is 9.53 Å². The van der Waals surface area contributed by atoms with Gasteiger partial charge in [-0.3, -0.25) is 4.79 Å². The maximum Gasteiger partial charge on any atom is 0.293 e. The first-order chi connectivity index (χ1) is 8.81. The number of hydrogen-bond donors (Lipinski definition) is 0. The van der Waals surface area contributed by atoms with Crippen LogP contribution in [0.25, 0.3) is 6.08 Å². The van der Waals surface area contributed by atoms with Crippen LogP contribution in [-0.4, -0.2) is 25.0 Å². The number of rotatable bonds is 4. The molecule has 0 saturated heterocycles. The van der Waals surface area contributed by atoms with E-state index in [4.69, 9.17) is 4.74 Å². The van der Waals surface area contributed by atoms with Gasteiger partial charge in [0, 0.05) is 10.9 Å². The van der Waals surface area contributed by atoms with Crippen molar-refractivity contribution in [1.29, 1.82) is 0 Å². The van der Waals surface area contributed by atoms with Crippen LogP contribution in [0.4, 0.5) is 0 Å². The summed E-state index contributed by atoms with van der Waals surface area (Å²) in [6.07, 6.45) is 3.29. The van der Waals surface area contributed by atoms with Gasteiger partial charge in [-0.1, -0.05) is 34.1 Å². The molecule has 1 aliphatic rings. The van der Waals surface area contributed by atoms with Gasteiger partial charge in [0.25, 0.3) is 6.47 Å². The van der Waals surface area contributed by atoms with Crippen molar-refractivity contribution in [2.45, 2.75) is 13.3 Å². The first kappa shape index (κ1) is 14.8. The highest BCUT2D eigenvalue weighted by molar-refractivity contribution is 9.09. The van der Waals surface area contributed by atoms with Crippen LogP contribution in [0, 0.1) is 0 Å². The lowest BCUT2D eigenvalue weighted by molar-refractivity contribution is -0.128. The lowest BCUT2D eigenvalue weighted by atomic mass is 10.1. The minimum atomic E-state index is 0.431. The third kappa shape index (κ3) is 4.92. The van der Waals surface area contributed by atoms with Gasteiger partial charge in [-0.25, -0.2) is 0 Å². The van der Waals surface area contributed by atoms with Crippen molar-refractivity contribution in [2.24, 2.45) is 0 Å². The Hall–Kier alpha value is -1.29. The summed E-state index contributed by atoms with van der Waals surface area (Å²) in [4.78, 5) is 9.18. The zero-order valence-electron chi connectivity index (χ0n) is 10.4. The molecule has 0 atom stereocenters. The summed E-state index contributed by atoms with van der Waals surface area (Å²) in [7, 11) is 0. The average molecular weight is 313 g/mol. The molecule has 1 heterocycles. The summed E-state index contributed by atoms with van der Waals surface area (Å²) in [6.45, 7) is 3.40. The third-order valence-electron chi connectivity index (χ3n) is 2.34. The van der Waals surface area contributed by atoms with Crippen LogP contribution in [0.5, 0.6) is 5.75 Å². The molecule has 1 aliphatic heterocycles. The average Bonchev–Trinajstić information content (AvgIpc) is 2.41. The van der Waals surface area contributed by atoms with Crippen LogP contribution < -0.4 is 4.74 Å². The second kappa shape index (κ2) is 8.75. The molecule has 2 rings (SSSR count). The maximum atomic E-state index is 9.18. The SMILES string of the molecule is BrCCC1=Cc2ccccc2OC1.CCOC=O. The van der Waals surface area contributed by atoms with Gasteiger partial charge in [0.15, 0.2) is 0 Å². The van der Waals surface area contributed by atoms with Crippen LogP contribution in [0.3, 0.4) is 0 Å². The zero-order chi connectivity index (χ0) is 13.2. The van der Waals surface area contributed by atoms with Crippen molar-refractivity contribution in [3.63, 3.8) is 0 Å². The van der Waals surface area contributed by atoms with E-state index < -0.39 is 0 Å². The van der Waals surface area contributed by atoms with Crippen LogP contribution in [0.1, 0.15) is 18.9 Å². The Balaban J connectivity index is 0.000000280. The van der Waals surface area contributed by atoms with E-state index in [1.54, 1.807) is 6.92 Å². The fourth-order valence-electron chi connectivity index (χ4n) is 1.50. The normalized spacial score (nSPS) is 12.2. The maximum absolute atomic E-state index is 9.18. The predicted octanol–water partition coefficient (Wildman–Crippen LogP) is 3.43. The second-order valence-corrected chi connectivity index (χ2v) is 4.41. The Morgan fingerprint density at radius 1 is 1.44 bits per heavy atom. The Labute approximate surface area is 116 Å². The first-order valence-corrected chi connectivity index (χ1v) is 6.96. The standard InChI is InChI=1S/C11H11BrO.C3H6O2/c12-6-5-9-7-10-3-1-2-4-11(10)13-8-9;1-2-5-3-4/h1-4,7H,5-6,8H2;3H,2H2,1H3. The molecule has 0 radical (unpaired) electrons. The highest BCUT2D eigenvalue weighted by atomic mass is 79.9. The van der Waals surface area contributed by atoms with E-state index >= 15 is 0 Å². The first-order valence-electron chi connectivity index (χ1n) is 5.84. The molecule has 3 nitrogen and oxygen atoms in total. The summed E-state index contributed by atoms with van der Waals surface area (Å²) in [5.74, 6) is 1.00. The number of carbonyl (C=O) groups is 1. The Bertz CT molecular complexity index is 402. The molecule has 0 saturated carbocycles. The molecular formula is C14H17BrO3. The fourth-order valence-corrected chi connectivity index (χ4v) is 2.01. The van der Waals surface area contributed by atoms with E-state index in [0.717, 1.165) is 24.1 Å². The summed E-state index contributed by atoms with van der Waals surface area (Å²) >= 11 is 3.43. The molecule has 1 aromatic rings. The molecule has 0 fully saturated rings. The molecular weight excluding hydrogens is 296 g/mol. The van der Waals surface area contributed by atoms with Gasteiger partial charge >= 0.3 is 0 Å². The second-order valence-electron chi connectivity index (χ2n) is 3.62. The van der Waals surface area contributed by atoms with E-state index in [2.05, 4.69) is 32.8 Å². The number of benzene rings is 1. The van der Waals surface area contributed by atoms with Crippen molar-refractivity contribution in [3.8, 4) is 5.75 Å². The van der Waals surface area contributed by atoms with Gasteiger partial charge in [0.1, 0.15) is 12.4 Å². The topological polar surface area (TPSA) is 35.5 Å². The Morgan fingerprint density at radius 2 is 2.22 bits per heavy atom. The molecule has 98 valence electrons. The number of para-hydroxylation sites is 1. The molecule has 0 aromatic heterocycles. The van der Waals surface area contributed by atoms with Crippen LogP contribution >= 0.6 is 15.9 Å². The van der Waals surface area contributed by atoms with Gasteiger partial charge in [0.2, 0.25) is 0 Å². The van der Waals surface area contributed by atoms with Crippen molar-refractivity contribution in [3.05, 3.63) is 35.4 Å². The van der Waals surface area contributed by atoms with Gasteiger partial charge < -0.3 is 9.47 Å². The molecule has 4 heteroatoms. The number of alkyl halides is 1. The molecule has 0 unspecified atom stereocenters. The van der Waals surface area contributed by atoms with E-state index in [1.165, 1.54) is 11.1 Å². The highest BCUT2D eigenvalue weighted by Gasteiger charge is 2.09. The van der Waals surface area contributed by atoms with Crippen molar-refractivity contribution < 1.29 is 14.3 Å². The minimum absolute atomic E-state index is 0.431. The van der Waals surface area contributed by atoms with Gasteiger partial charge in [-0.2, -0.15) is 0 Å². The number of carbonyl (C=O) groups excluding carboxylic acids is 1. The third-order valence-corrected chi connectivity index (χ3v) is 2.74.